The number of amides is 2. The first-order valence-electron chi connectivity index (χ1n) is 15.3. The number of carboxylic acid groups (broad SMARTS) is 1. The summed E-state index contributed by atoms with van der Waals surface area (Å²) in [6.07, 6.45) is 5.48. The smallest absolute Gasteiger partial charge is 0.326 e. The van der Waals surface area contributed by atoms with Crippen molar-refractivity contribution in [3.05, 3.63) is 84.6 Å². The maximum absolute atomic E-state index is 13.3. The molecule has 4 aromatic rings. The van der Waals surface area contributed by atoms with Crippen LogP contribution in [0.2, 0.25) is 0 Å². The van der Waals surface area contributed by atoms with E-state index in [1.165, 1.54) is 0 Å². The van der Waals surface area contributed by atoms with Crippen molar-refractivity contribution in [2.75, 3.05) is 25.1 Å². The van der Waals surface area contributed by atoms with E-state index in [4.69, 9.17) is 0 Å². The molecule has 3 N–H and O–H groups in total. The van der Waals surface area contributed by atoms with Gasteiger partial charge in [-0.25, -0.2) is 4.79 Å². The Hall–Kier alpha value is -3.82. The van der Waals surface area contributed by atoms with Crippen molar-refractivity contribution in [1.82, 2.24) is 20.1 Å². The van der Waals surface area contributed by atoms with Gasteiger partial charge in [-0.3, -0.25) is 14.5 Å². The summed E-state index contributed by atoms with van der Waals surface area (Å²) in [5.41, 5.74) is 2.17. The number of para-hydroxylation sites is 1. The summed E-state index contributed by atoms with van der Waals surface area (Å²) in [7, 11) is 0. The quantitative estimate of drug-likeness (QED) is 0.144. The molecule has 0 saturated carbocycles. The van der Waals surface area contributed by atoms with Crippen LogP contribution in [0.1, 0.15) is 38.7 Å². The van der Waals surface area contributed by atoms with Crippen molar-refractivity contribution in [3.63, 3.8) is 0 Å². The molecule has 44 heavy (non-hydrogen) atoms. The van der Waals surface area contributed by atoms with E-state index in [9.17, 15) is 19.5 Å². The summed E-state index contributed by atoms with van der Waals surface area (Å²) in [5, 5.41) is 19.0. The molecule has 3 aromatic carbocycles. The molecule has 0 aliphatic heterocycles. The van der Waals surface area contributed by atoms with Crippen molar-refractivity contribution >= 4 is 51.2 Å². The number of nitrogens with zero attached hydrogens (tertiary/aromatic N) is 2. The van der Waals surface area contributed by atoms with Gasteiger partial charge >= 0.3 is 5.97 Å². The molecule has 0 saturated heterocycles. The topological polar surface area (TPSA) is 104 Å². The number of carbonyl (C=O) groups is 3. The fourth-order valence-corrected chi connectivity index (χ4v) is 6.03. The highest BCUT2D eigenvalue weighted by molar-refractivity contribution is 7.98. The summed E-state index contributed by atoms with van der Waals surface area (Å²) in [6.45, 7) is 5.73. The molecule has 4 rings (SSSR count). The molecule has 0 spiro atoms. The third-order valence-electron chi connectivity index (χ3n) is 8.28. The highest BCUT2D eigenvalue weighted by Gasteiger charge is 2.25. The van der Waals surface area contributed by atoms with Crippen LogP contribution in [0.5, 0.6) is 0 Å². The second-order valence-electron chi connectivity index (χ2n) is 11.4. The molecular formula is C35H44N4O4S. The highest BCUT2D eigenvalue weighted by Crippen LogP contribution is 2.21. The minimum atomic E-state index is -1.03. The number of benzene rings is 3. The van der Waals surface area contributed by atoms with E-state index < -0.39 is 12.0 Å². The van der Waals surface area contributed by atoms with Crippen LogP contribution in [0.25, 0.3) is 21.7 Å². The summed E-state index contributed by atoms with van der Waals surface area (Å²) in [5.74, 6) is -0.609. The molecule has 0 aliphatic carbocycles. The Morgan fingerprint density at radius 2 is 1.66 bits per heavy atom. The zero-order chi connectivity index (χ0) is 31.5. The predicted molar refractivity (Wildman–Crippen MR) is 180 cm³/mol. The van der Waals surface area contributed by atoms with Crippen LogP contribution in [0.15, 0.2) is 79.0 Å². The lowest BCUT2D eigenvalue weighted by atomic mass is 9.97. The van der Waals surface area contributed by atoms with Crippen LogP contribution in [-0.2, 0) is 27.5 Å². The Bertz CT molecular complexity index is 1550. The molecule has 3 unspecified atom stereocenters. The Kier molecular flexibility index (Phi) is 12.3. The first kappa shape index (κ1) is 33.1. The number of carboxylic acids is 1. The van der Waals surface area contributed by atoms with Crippen molar-refractivity contribution in [2.24, 2.45) is 5.92 Å². The normalized spacial score (nSPS) is 13.5. The molecule has 8 nitrogen and oxygen atoms in total. The van der Waals surface area contributed by atoms with Crippen molar-refractivity contribution in [3.8, 4) is 0 Å². The van der Waals surface area contributed by atoms with Crippen molar-refractivity contribution in [2.45, 2.75) is 58.3 Å². The maximum atomic E-state index is 13.3. The summed E-state index contributed by atoms with van der Waals surface area (Å²) < 4.78 is 2.10. The number of aromatic nitrogens is 1. The number of nitrogens with one attached hydrogen (secondary N) is 2. The zero-order valence-electron chi connectivity index (χ0n) is 25.9. The van der Waals surface area contributed by atoms with Gasteiger partial charge < -0.3 is 20.3 Å². The SMILES string of the molecule is CCC(C)C(CN(CC(=O)NC(CCSC)C(=O)O)Cc1cccc2ccccc12)NC(=O)CCn1ccc2ccccc21. The van der Waals surface area contributed by atoms with Gasteiger partial charge in [-0.1, -0.05) is 80.9 Å². The second kappa shape index (κ2) is 16.3. The summed E-state index contributed by atoms with van der Waals surface area (Å²) >= 11 is 1.55. The molecule has 9 heteroatoms. The largest absolute Gasteiger partial charge is 0.480 e. The van der Waals surface area contributed by atoms with Crippen LogP contribution in [-0.4, -0.2) is 69.5 Å². The first-order valence-corrected chi connectivity index (χ1v) is 16.7. The zero-order valence-corrected chi connectivity index (χ0v) is 26.7. The molecule has 1 heterocycles. The number of hydrogen-bond donors (Lipinski definition) is 3. The van der Waals surface area contributed by atoms with E-state index in [1.807, 2.05) is 47.7 Å². The minimum absolute atomic E-state index is 0.0183. The van der Waals surface area contributed by atoms with E-state index in [0.29, 0.717) is 38.2 Å². The number of thioether (sulfide) groups is 1. The molecule has 0 bridgehead atoms. The van der Waals surface area contributed by atoms with Crippen molar-refractivity contribution in [1.29, 1.82) is 0 Å². The van der Waals surface area contributed by atoms with Gasteiger partial charge in [-0.05, 0) is 58.2 Å². The van der Waals surface area contributed by atoms with Gasteiger partial charge in [0, 0.05) is 43.8 Å². The number of carbonyl (C=O) groups excluding carboxylic acids is 2. The van der Waals surface area contributed by atoms with Crippen molar-refractivity contribution < 1.29 is 19.5 Å². The molecule has 3 atom stereocenters. The summed E-state index contributed by atoms with van der Waals surface area (Å²) in [4.78, 5) is 40.4. The van der Waals surface area contributed by atoms with Gasteiger partial charge in [0.05, 0.1) is 6.54 Å². The lowest BCUT2D eigenvalue weighted by molar-refractivity contribution is -0.142. The number of rotatable bonds is 17. The van der Waals surface area contributed by atoms with E-state index >= 15 is 0 Å². The predicted octanol–water partition coefficient (Wildman–Crippen LogP) is 5.54. The number of hydrogen-bond acceptors (Lipinski definition) is 5. The lowest BCUT2D eigenvalue weighted by Crippen LogP contribution is -2.51. The number of aryl methyl sites for hydroxylation is 1. The molecule has 2 amide bonds. The van der Waals surface area contributed by atoms with Gasteiger partial charge in [-0.15, -0.1) is 0 Å². The molecule has 1 aromatic heterocycles. The van der Waals surface area contributed by atoms with Crippen LogP contribution < -0.4 is 10.6 Å². The highest BCUT2D eigenvalue weighted by atomic mass is 32.2. The molecule has 234 valence electrons. The minimum Gasteiger partial charge on any atom is -0.480 e. The van der Waals surface area contributed by atoms with Crippen LogP contribution in [0.4, 0.5) is 0 Å². The van der Waals surface area contributed by atoms with Gasteiger partial charge in [-0.2, -0.15) is 11.8 Å². The van der Waals surface area contributed by atoms with E-state index in [0.717, 1.165) is 33.7 Å². The second-order valence-corrected chi connectivity index (χ2v) is 12.4. The molecule has 0 radical (unpaired) electrons. The third kappa shape index (κ3) is 9.09. The van der Waals surface area contributed by atoms with Crippen LogP contribution in [0, 0.1) is 5.92 Å². The van der Waals surface area contributed by atoms with Crippen LogP contribution in [0.3, 0.4) is 0 Å². The average molecular weight is 617 g/mol. The third-order valence-corrected chi connectivity index (χ3v) is 8.92. The Morgan fingerprint density at radius 1 is 0.932 bits per heavy atom. The molecular weight excluding hydrogens is 572 g/mol. The standard InChI is InChI=1S/C35H44N4O4S/c1-4-25(2)31(37-33(40)17-20-39-19-16-27-11-6-8-15-32(27)39)23-38(24-34(41)36-30(35(42)43)18-21-44-3)22-28-13-9-12-26-10-5-7-14-29(26)28/h5-16,19,25,30-31H,4,17-18,20-24H2,1-3H3,(H,36,41)(H,37,40)(H,42,43). The van der Waals surface area contributed by atoms with Gasteiger partial charge in [0.15, 0.2) is 0 Å². The molecule has 0 aliphatic rings. The average Bonchev–Trinajstić information content (AvgIpc) is 3.44. The van der Waals surface area contributed by atoms with E-state index in [-0.39, 0.29) is 30.3 Å². The lowest BCUT2D eigenvalue weighted by Gasteiger charge is -2.31. The van der Waals surface area contributed by atoms with Crippen LogP contribution >= 0.6 is 11.8 Å². The number of aliphatic carboxylic acids is 1. The Morgan fingerprint density at radius 3 is 2.41 bits per heavy atom. The monoisotopic (exact) mass is 616 g/mol. The van der Waals surface area contributed by atoms with Gasteiger partial charge in [0.2, 0.25) is 11.8 Å². The van der Waals surface area contributed by atoms with E-state index in [2.05, 4.69) is 71.5 Å². The first-order chi connectivity index (χ1) is 21.3. The number of fused-ring (bicyclic) bond motifs is 2. The van der Waals surface area contributed by atoms with Gasteiger partial charge in [0.1, 0.15) is 6.04 Å². The molecule has 0 fully saturated rings. The Labute approximate surface area is 264 Å². The summed E-state index contributed by atoms with van der Waals surface area (Å²) in [6, 6.07) is 23.3. The Balaban J connectivity index is 1.50. The maximum Gasteiger partial charge on any atom is 0.326 e. The van der Waals surface area contributed by atoms with Gasteiger partial charge in [0.25, 0.3) is 0 Å². The fraction of sp³-hybridized carbons (Fsp3) is 0.400. The van der Waals surface area contributed by atoms with E-state index in [1.54, 1.807) is 11.8 Å². The fourth-order valence-electron chi connectivity index (χ4n) is 5.56.